The van der Waals surface area contributed by atoms with Gasteiger partial charge in [0, 0.05) is 24.4 Å². The maximum Gasteiger partial charge on any atom is 0.314 e. The molecule has 3 heterocycles. The molecule has 0 radical (unpaired) electrons. The highest BCUT2D eigenvalue weighted by Crippen LogP contribution is 2.40. The molecule has 1 aromatic heterocycles. The molecule has 162 valence electrons. The molecule has 0 atom stereocenters. The summed E-state index contributed by atoms with van der Waals surface area (Å²) in [5.41, 5.74) is 2.34. The third-order valence-electron chi connectivity index (χ3n) is 6.09. The van der Waals surface area contributed by atoms with E-state index in [-0.39, 0.29) is 5.60 Å². The number of nitrogens with zero attached hydrogens (tertiary/aromatic N) is 2. The highest BCUT2D eigenvalue weighted by Gasteiger charge is 2.33. The Morgan fingerprint density at radius 2 is 1.97 bits per heavy atom. The van der Waals surface area contributed by atoms with Crippen LogP contribution in [0.2, 0.25) is 0 Å². The Hall–Kier alpha value is -2.69. The SMILES string of the molecule is CC1(C)Cc2c(sc(NC(=O)C(=O)N3CCC(Cc4ccccc4)CC3)c2C#N)CO1. The molecule has 6 nitrogen and oxygen atoms in total. The first-order valence-corrected chi connectivity index (χ1v) is 11.5. The number of nitriles is 1. The lowest BCUT2D eigenvalue weighted by Gasteiger charge is -2.31. The molecule has 2 amide bonds. The van der Waals surface area contributed by atoms with Crippen LogP contribution in [0.4, 0.5) is 5.00 Å². The molecule has 7 heteroatoms. The Morgan fingerprint density at radius 1 is 1.26 bits per heavy atom. The summed E-state index contributed by atoms with van der Waals surface area (Å²) in [6.07, 6.45) is 3.38. The van der Waals surface area contributed by atoms with Crippen molar-refractivity contribution in [1.29, 1.82) is 5.26 Å². The van der Waals surface area contributed by atoms with Crippen molar-refractivity contribution in [2.45, 2.75) is 51.7 Å². The minimum absolute atomic E-state index is 0.346. The molecule has 2 aromatic rings. The predicted molar refractivity (Wildman–Crippen MR) is 120 cm³/mol. The van der Waals surface area contributed by atoms with E-state index in [1.54, 1.807) is 4.90 Å². The molecular formula is C24H27N3O3S. The molecule has 0 bridgehead atoms. The van der Waals surface area contributed by atoms with Crippen LogP contribution in [0.1, 0.15) is 48.3 Å². The number of hydrogen-bond acceptors (Lipinski definition) is 5. The lowest BCUT2D eigenvalue weighted by atomic mass is 9.90. The van der Waals surface area contributed by atoms with Gasteiger partial charge in [-0.2, -0.15) is 5.26 Å². The lowest BCUT2D eigenvalue weighted by molar-refractivity contribution is -0.144. The molecule has 1 aromatic carbocycles. The first kappa shape index (κ1) is 21.5. The van der Waals surface area contributed by atoms with Crippen molar-refractivity contribution in [3.05, 3.63) is 51.9 Å². The topological polar surface area (TPSA) is 82.4 Å². The van der Waals surface area contributed by atoms with Crippen LogP contribution in [0.3, 0.4) is 0 Å². The monoisotopic (exact) mass is 437 g/mol. The number of likely N-dealkylation sites (tertiary alicyclic amines) is 1. The Morgan fingerprint density at radius 3 is 2.65 bits per heavy atom. The van der Waals surface area contributed by atoms with E-state index in [0.717, 1.165) is 29.7 Å². The minimum atomic E-state index is -0.670. The minimum Gasteiger partial charge on any atom is -0.370 e. The third-order valence-corrected chi connectivity index (χ3v) is 7.21. The highest BCUT2D eigenvalue weighted by molar-refractivity contribution is 7.16. The quantitative estimate of drug-likeness (QED) is 0.739. The van der Waals surface area contributed by atoms with Crippen LogP contribution >= 0.6 is 11.3 Å². The van der Waals surface area contributed by atoms with Crippen LogP contribution in [0.25, 0.3) is 0 Å². The fourth-order valence-corrected chi connectivity index (χ4v) is 5.42. The Kier molecular flexibility index (Phi) is 6.12. The Bertz CT molecular complexity index is 1010. The normalized spacial score (nSPS) is 18.2. The van der Waals surface area contributed by atoms with Crippen molar-refractivity contribution in [1.82, 2.24) is 4.90 Å². The number of nitrogens with one attached hydrogen (secondary N) is 1. The van der Waals surface area contributed by atoms with Gasteiger partial charge in [0.2, 0.25) is 0 Å². The number of amides is 2. The first-order valence-electron chi connectivity index (χ1n) is 10.7. The Balaban J connectivity index is 1.36. The van der Waals surface area contributed by atoms with Crippen LogP contribution in [0.5, 0.6) is 0 Å². The zero-order valence-corrected chi connectivity index (χ0v) is 18.8. The number of fused-ring (bicyclic) bond motifs is 1. The Labute approximate surface area is 186 Å². The third kappa shape index (κ3) is 4.81. The fraction of sp³-hybridized carbons (Fsp3) is 0.458. The smallest absolute Gasteiger partial charge is 0.314 e. The number of piperidine rings is 1. The summed E-state index contributed by atoms with van der Waals surface area (Å²) in [5, 5.41) is 12.8. The number of carbonyl (C=O) groups is 2. The molecule has 1 N–H and O–H groups in total. The van der Waals surface area contributed by atoms with Gasteiger partial charge in [0.1, 0.15) is 11.1 Å². The molecule has 1 saturated heterocycles. The average molecular weight is 438 g/mol. The van der Waals surface area contributed by atoms with Crippen molar-refractivity contribution < 1.29 is 14.3 Å². The van der Waals surface area contributed by atoms with Gasteiger partial charge in [-0.15, -0.1) is 11.3 Å². The zero-order chi connectivity index (χ0) is 22.0. The second-order valence-electron chi connectivity index (χ2n) is 8.92. The van der Waals surface area contributed by atoms with Crippen molar-refractivity contribution in [3.63, 3.8) is 0 Å². The maximum absolute atomic E-state index is 12.7. The van der Waals surface area contributed by atoms with E-state index in [0.29, 0.717) is 42.6 Å². The number of carbonyl (C=O) groups excluding carboxylic acids is 2. The van der Waals surface area contributed by atoms with Gasteiger partial charge in [0.05, 0.1) is 17.8 Å². The van der Waals surface area contributed by atoms with Crippen molar-refractivity contribution in [3.8, 4) is 6.07 Å². The van der Waals surface area contributed by atoms with Crippen LogP contribution in [0, 0.1) is 17.2 Å². The number of thiophene rings is 1. The number of ether oxygens (including phenoxy) is 1. The molecular weight excluding hydrogens is 410 g/mol. The number of hydrogen-bond donors (Lipinski definition) is 1. The molecule has 1 fully saturated rings. The zero-order valence-electron chi connectivity index (χ0n) is 17.9. The standard InChI is InChI=1S/C24H27N3O3S/c1-24(2)13-18-19(14-25)22(31-20(18)15-30-24)26-21(28)23(29)27-10-8-17(9-11-27)12-16-6-4-3-5-7-16/h3-7,17H,8-13,15H2,1-2H3,(H,26,28). The van der Waals surface area contributed by atoms with E-state index in [2.05, 4.69) is 23.5 Å². The molecule has 0 saturated carbocycles. The van der Waals surface area contributed by atoms with Crippen LogP contribution in [-0.2, 0) is 33.8 Å². The van der Waals surface area contributed by atoms with Gasteiger partial charge < -0.3 is 15.0 Å². The summed E-state index contributed by atoms with van der Waals surface area (Å²) >= 11 is 1.33. The van der Waals surface area contributed by atoms with E-state index in [4.69, 9.17) is 4.74 Å². The summed E-state index contributed by atoms with van der Waals surface area (Å²) in [6, 6.07) is 12.6. The van der Waals surface area contributed by atoms with E-state index in [9.17, 15) is 14.9 Å². The van der Waals surface area contributed by atoms with Crippen molar-refractivity contribution in [2.75, 3.05) is 18.4 Å². The predicted octanol–water partition coefficient (Wildman–Crippen LogP) is 3.89. The number of benzene rings is 1. The van der Waals surface area contributed by atoms with Crippen LogP contribution in [-0.4, -0.2) is 35.4 Å². The lowest BCUT2D eigenvalue weighted by Crippen LogP contribution is -2.44. The summed E-state index contributed by atoms with van der Waals surface area (Å²) in [4.78, 5) is 28.0. The van der Waals surface area contributed by atoms with E-state index < -0.39 is 11.8 Å². The second-order valence-corrected chi connectivity index (χ2v) is 10.0. The molecule has 2 aliphatic rings. The molecule has 0 unspecified atom stereocenters. The first-order chi connectivity index (χ1) is 14.9. The largest absolute Gasteiger partial charge is 0.370 e. The molecule has 0 aliphatic carbocycles. The summed E-state index contributed by atoms with van der Waals surface area (Å²) in [6.45, 7) is 5.55. The van der Waals surface area contributed by atoms with Crippen LogP contribution < -0.4 is 5.32 Å². The molecule has 4 rings (SSSR count). The van der Waals surface area contributed by atoms with Crippen molar-refractivity contribution in [2.24, 2.45) is 5.92 Å². The maximum atomic E-state index is 12.7. The van der Waals surface area contributed by atoms with Crippen LogP contribution in [0.15, 0.2) is 30.3 Å². The van der Waals surface area contributed by atoms with Gasteiger partial charge in [0.25, 0.3) is 0 Å². The number of anilines is 1. The van der Waals surface area contributed by atoms with E-state index >= 15 is 0 Å². The van der Waals surface area contributed by atoms with Gasteiger partial charge >= 0.3 is 11.8 Å². The highest BCUT2D eigenvalue weighted by atomic mass is 32.1. The molecule has 31 heavy (non-hydrogen) atoms. The van der Waals surface area contributed by atoms with Gasteiger partial charge in [-0.05, 0) is 50.2 Å². The summed E-state index contributed by atoms with van der Waals surface area (Å²) < 4.78 is 5.82. The summed E-state index contributed by atoms with van der Waals surface area (Å²) in [5.74, 6) is -0.672. The fourth-order valence-electron chi connectivity index (χ4n) is 4.35. The van der Waals surface area contributed by atoms with Gasteiger partial charge in [-0.3, -0.25) is 9.59 Å². The molecule has 2 aliphatic heterocycles. The van der Waals surface area contributed by atoms with Gasteiger partial charge in [0.15, 0.2) is 0 Å². The van der Waals surface area contributed by atoms with Gasteiger partial charge in [-0.25, -0.2) is 0 Å². The summed E-state index contributed by atoms with van der Waals surface area (Å²) in [7, 11) is 0. The average Bonchev–Trinajstić information content (AvgIpc) is 3.09. The molecule has 0 spiro atoms. The van der Waals surface area contributed by atoms with Gasteiger partial charge in [-0.1, -0.05) is 30.3 Å². The van der Waals surface area contributed by atoms with E-state index in [1.807, 2.05) is 32.0 Å². The van der Waals surface area contributed by atoms with Crippen molar-refractivity contribution >= 4 is 28.2 Å². The number of rotatable bonds is 3. The second kappa shape index (κ2) is 8.81. The van der Waals surface area contributed by atoms with E-state index in [1.165, 1.54) is 16.9 Å².